The normalized spacial score (nSPS) is 9.62. The molecule has 2 rings (SSSR count). The fraction of sp³-hybridized carbons (Fsp3) is 0.294. The SMILES string of the molecule is COCCNCC(=O)Nc1ccc(OCc2ccccn2)c(Cl)c1.Cl.Cl. The molecule has 0 atom stereocenters. The van der Waals surface area contributed by atoms with Crippen LogP contribution in [-0.2, 0) is 16.1 Å². The van der Waals surface area contributed by atoms with Crippen LogP contribution in [0.2, 0.25) is 5.02 Å². The topological polar surface area (TPSA) is 72.5 Å². The minimum Gasteiger partial charge on any atom is -0.486 e. The number of nitrogens with zero attached hydrogens (tertiary/aromatic N) is 1. The van der Waals surface area contributed by atoms with Crippen molar-refractivity contribution in [3.63, 3.8) is 0 Å². The number of rotatable bonds is 9. The van der Waals surface area contributed by atoms with Crippen molar-refractivity contribution in [2.24, 2.45) is 0 Å². The molecule has 2 aromatic rings. The zero-order valence-electron chi connectivity index (χ0n) is 14.2. The molecule has 26 heavy (non-hydrogen) atoms. The van der Waals surface area contributed by atoms with Gasteiger partial charge in [-0.15, -0.1) is 24.8 Å². The highest BCUT2D eigenvalue weighted by Crippen LogP contribution is 2.28. The first-order valence-electron chi connectivity index (χ1n) is 7.51. The number of ether oxygens (including phenoxy) is 2. The Hall–Kier alpha value is -1.57. The second-order valence-electron chi connectivity index (χ2n) is 4.97. The van der Waals surface area contributed by atoms with Gasteiger partial charge in [0.2, 0.25) is 5.91 Å². The van der Waals surface area contributed by atoms with E-state index in [1.165, 1.54) is 0 Å². The summed E-state index contributed by atoms with van der Waals surface area (Å²) in [4.78, 5) is 16.0. The van der Waals surface area contributed by atoms with E-state index in [9.17, 15) is 4.79 Å². The first-order valence-corrected chi connectivity index (χ1v) is 7.88. The summed E-state index contributed by atoms with van der Waals surface area (Å²) in [6, 6.07) is 10.7. The molecular formula is C17H22Cl3N3O3. The number of carbonyl (C=O) groups excluding carboxylic acids is 1. The lowest BCUT2D eigenvalue weighted by atomic mass is 10.3. The molecule has 9 heteroatoms. The molecule has 0 bridgehead atoms. The minimum absolute atomic E-state index is 0. The van der Waals surface area contributed by atoms with E-state index in [0.29, 0.717) is 36.2 Å². The maximum atomic E-state index is 11.8. The van der Waals surface area contributed by atoms with Crippen molar-refractivity contribution >= 4 is 48.0 Å². The lowest BCUT2D eigenvalue weighted by Crippen LogP contribution is -2.30. The number of halogens is 3. The Labute approximate surface area is 170 Å². The summed E-state index contributed by atoms with van der Waals surface area (Å²) < 4.78 is 10.5. The monoisotopic (exact) mass is 421 g/mol. The fourth-order valence-electron chi connectivity index (χ4n) is 1.91. The molecule has 0 unspecified atom stereocenters. The van der Waals surface area contributed by atoms with E-state index in [2.05, 4.69) is 15.6 Å². The highest BCUT2D eigenvalue weighted by atomic mass is 35.5. The van der Waals surface area contributed by atoms with Gasteiger partial charge in [0, 0.05) is 25.5 Å². The number of hydrogen-bond acceptors (Lipinski definition) is 5. The van der Waals surface area contributed by atoms with Crippen LogP contribution in [0.4, 0.5) is 5.69 Å². The van der Waals surface area contributed by atoms with Crippen LogP contribution in [0.1, 0.15) is 5.69 Å². The number of nitrogens with one attached hydrogen (secondary N) is 2. The molecule has 0 aliphatic rings. The number of benzene rings is 1. The Morgan fingerprint density at radius 1 is 1.23 bits per heavy atom. The molecule has 0 fully saturated rings. The standard InChI is InChI=1S/C17H20ClN3O3.2ClH/c1-23-9-8-19-11-17(22)21-13-5-6-16(15(18)10-13)24-12-14-4-2-3-7-20-14;;/h2-7,10,19H,8-9,11-12H2,1H3,(H,21,22);2*1H. The summed E-state index contributed by atoms with van der Waals surface area (Å²) in [7, 11) is 1.61. The molecule has 144 valence electrons. The zero-order chi connectivity index (χ0) is 17.2. The molecule has 0 aliphatic heterocycles. The van der Waals surface area contributed by atoms with E-state index < -0.39 is 0 Å². The maximum Gasteiger partial charge on any atom is 0.238 e. The Bertz CT molecular complexity index is 660. The zero-order valence-corrected chi connectivity index (χ0v) is 16.6. The number of anilines is 1. The molecule has 0 saturated heterocycles. The molecular weight excluding hydrogens is 401 g/mol. The summed E-state index contributed by atoms with van der Waals surface area (Å²) in [6.07, 6.45) is 1.71. The molecule has 2 N–H and O–H groups in total. The van der Waals surface area contributed by atoms with E-state index in [0.717, 1.165) is 5.69 Å². The van der Waals surface area contributed by atoms with Crippen LogP contribution in [-0.4, -0.2) is 37.7 Å². The maximum absolute atomic E-state index is 11.8. The predicted molar refractivity (Wildman–Crippen MR) is 108 cm³/mol. The lowest BCUT2D eigenvalue weighted by Gasteiger charge is -2.10. The Morgan fingerprint density at radius 2 is 2.04 bits per heavy atom. The van der Waals surface area contributed by atoms with Crippen LogP contribution >= 0.6 is 36.4 Å². The van der Waals surface area contributed by atoms with Gasteiger partial charge in [-0.25, -0.2) is 0 Å². The van der Waals surface area contributed by atoms with Crippen molar-refractivity contribution in [3.05, 3.63) is 53.3 Å². The number of amides is 1. The highest BCUT2D eigenvalue weighted by Gasteiger charge is 2.07. The lowest BCUT2D eigenvalue weighted by molar-refractivity contribution is -0.115. The third kappa shape index (κ3) is 8.69. The van der Waals surface area contributed by atoms with Crippen molar-refractivity contribution in [2.75, 3.05) is 32.1 Å². The summed E-state index contributed by atoms with van der Waals surface area (Å²) in [6.45, 7) is 1.71. The van der Waals surface area contributed by atoms with E-state index in [4.69, 9.17) is 21.1 Å². The largest absolute Gasteiger partial charge is 0.486 e. The van der Waals surface area contributed by atoms with Crippen molar-refractivity contribution in [1.29, 1.82) is 0 Å². The van der Waals surface area contributed by atoms with Gasteiger partial charge in [-0.05, 0) is 30.3 Å². The van der Waals surface area contributed by atoms with Gasteiger partial charge in [-0.3, -0.25) is 9.78 Å². The molecule has 1 heterocycles. The quantitative estimate of drug-likeness (QED) is 0.606. The first kappa shape index (κ1) is 24.4. The molecule has 0 radical (unpaired) electrons. The molecule has 0 saturated carbocycles. The van der Waals surface area contributed by atoms with E-state index in [1.807, 2.05) is 18.2 Å². The van der Waals surface area contributed by atoms with Crippen LogP contribution in [0.25, 0.3) is 0 Å². The number of hydrogen-bond donors (Lipinski definition) is 2. The van der Waals surface area contributed by atoms with Gasteiger partial charge in [0.1, 0.15) is 12.4 Å². The van der Waals surface area contributed by atoms with Crippen LogP contribution in [0.3, 0.4) is 0 Å². The average molecular weight is 423 g/mol. The molecule has 0 aliphatic carbocycles. The smallest absolute Gasteiger partial charge is 0.238 e. The summed E-state index contributed by atoms with van der Waals surface area (Å²) in [5.41, 5.74) is 1.43. The van der Waals surface area contributed by atoms with Crippen molar-refractivity contribution < 1.29 is 14.3 Å². The molecule has 1 aromatic carbocycles. The van der Waals surface area contributed by atoms with Crippen LogP contribution < -0.4 is 15.4 Å². The van der Waals surface area contributed by atoms with Gasteiger partial charge in [0.15, 0.2) is 0 Å². The third-order valence-corrected chi connectivity index (χ3v) is 3.38. The molecule has 1 amide bonds. The van der Waals surface area contributed by atoms with Crippen molar-refractivity contribution in [2.45, 2.75) is 6.61 Å². The van der Waals surface area contributed by atoms with Gasteiger partial charge in [0.05, 0.1) is 23.9 Å². The van der Waals surface area contributed by atoms with Crippen molar-refractivity contribution in [1.82, 2.24) is 10.3 Å². The third-order valence-electron chi connectivity index (χ3n) is 3.09. The van der Waals surface area contributed by atoms with Gasteiger partial charge < -0.3 is 20.1 Å². The van der Waals surface area contributed by atoms with Gasteiger partial charge in [-0.1, -0.05) is 17.7 Å². The fourth-order valence-corrected chi connectivity index (χ4v) is 2.15. The van der Waals surface area contributed by atoms with E-state index in [1.54, 1.807) is 31.5 Å². The Morgan fingerprint density at radius 3 is 2.69 bits per heavy atom. The van der Waals surface area contributed by atoms with Crippen LogP contribution in [0, 0.1) is 0 Å². The molecule has 0 spiro atoms. The first-order chi connectivity index (χ1) is 11.7. The van der Waals surface area contributed by atoms with E-state index in [-0.39, 0.29) is 37.3 Å². The second-order valence-corrected chi connectivity index (χ2v) is 5.38. The van der Waals surface area contributed by atoms with Crippen molar-refractivity contribution in [3.8, 4) is 5.75 Å². The number of pyridine rings is 1. The Balaban J connectivity index is 0.00000312. The van der Waals surface area contributed by atoms with Gasteiger partial charge >= 0.3 is 0 Å². The molecule has 6 nitrogen and oxygen atoms in total. The summed E-state index contributed by atoms with van der Waals surface area (Å²) in [5.74, 6) is 0.392. The second kappa shape index (κ2) is 13.6. The van der Waals surface area contributed by atoms with Crippen LogP contribution in [0.15, 0.2) is 42.6 Å². The average Bonchev–Trinajstić information content (AvgIpc) is 2.59. The number of carbonyl (C=O) groups is 1. The van der Waals surface area contributed by atoms with Gasteiger partial charge in [-0.2, -0.15) is 0 Å². The molecule has 1 aromatic heterocycles. The highest BCUT2D eigenvalue weighted by molar-refractivity contribution is 6.32. The van der Waals surface area contributed by atoms with E-state index >= 15 is 0 Å². The van der Waals surface area contributed by atoms with Gasteiger partial charge in [0.25, 0.3) is 0 Å². The van der Waals surface area contributed by atoms with Crippen LogP contribution in [0.5, 0.6) is 5.75 Å². The minimum atomic E-state index is -0.149. The summed E-state index contributed by atoms with van der Waals surface area (Å²) in [5, 5.41) is 6.16. The predicted octanol–water partition coefficient (Wildman–Crippen LogP) is 3.33. The summed E-state index contributed by atoms with van der Waals surface area (Å²) >= 11 is 6.20. The number of aromatic nitrogens is 1. The Kier molecular flexibility index (Phi) is 12.8. The number of methoxy groups -OCH3 is 1.